The van der Waals surface area contributed by atoms with Gasteiger partial charge in [-0.2, -0.15) is 5.10 Å². The van der Waals surface area contributed by atoms with Crippen LogP contribution in [0.25, 0.3) is 21.3 Å². The lowest BCUT2D eigenvalue weighted by molar-refractivity contribution is -0.0638. The number of nitrogens with zero attached hydrogens (tertiary/aromatic N) is 6. The molecule has 0 spiro atoms. The Labute approximate surface area is 277 Å². The first-order chi connectivity index (χ1) is 22.9. The average molecular weight is 648 g/mol. The van der Waals surface area contributed by atoms with Gasteiger partial charge in [-0.15, -0.1) is 0 Å². The second-order valence-electron chi connectivity index (χ2n) is 13.9. The first kappa shape index (κ1) is 28.7. The van der Waals surface area contributed by atoms with Crippen LogP contribution >= 0.6 is 11.3 Å². The zero-order chi connectivity index (χ0) is 31.7. The third-order valence-electron chi connectivity index (χ3n) is 10.9. The molecule has 0 unspecified atom stereocenters. The molecule has 47 heavy (non-hydrogen) atoms. The summed E-state index contributed by atoms with van der Waals surface area (Å²) in [6.45, 7) is 3.99. The third-order valence-corrected chi connectivity index (χ3v) is 11.8. The van der Waals surface area contributed by atoms with Crippen molar-refractivity contribution in [1.29, 1.82) is 0 Å². The highest BCUT2D eigenvalue weighted by Crippen LogP contribution is 2.60. The Bertz CT molecular complexity index is 1930. The zero-order valence-corrected chi connectivity index (χ0v) is 27.4. The molecule has 240 valence electrons. The number of rotatable bonds is 7. The summed E-state index contributed by atoms with van der Waals surface area (Å²) in [4.78, 5) is 29.7. The van der Waals surface area contributed by atoms with Gasteiger partial charge in [0.1, 0.15) is 18.0 Å². The van der Waals surface area contributed by atoms with Crippen molar-refractivity contribution < 1.29 is 14.3 Å². The van der Waals surface area contributed by atoms with E-state index in [1.807, 2.05) is 41.4 Å². The smallest absolute Gasteiger partial charge is 0.342 e. The fourth-order valence-electron chi connectivity index (χ4n) is 9.24. The maximum Gasteiger partial charge on any atom is 0.342 e. The van der Waals surface area contributed by atoms with E-state index in [4.69, 9.17) is 19.6 Å². The maximum atomic E-state index is 13.4. The van der Waals surface area contributed by atoms with Crippen molar-refractivity contribution in [2.24, 2.45) is 23.2 Å². The van der Waals surface area contributed by atoms with Crippen molar-refractivity contribution in [1.82, 2.24) is 24.7 Å². The summed E-state index contributed by atoms with van der Waals surface area (Å²) in [7, 11) is 1.41. The quantitative estimate of drug-likeness (QED) is 0.179. The number of ether oxygens (including phenoxy) is 2. The summed E-state index contributed by atoms with van der Waals surface area (Å²) in [5, 5.41) is 8.99. The van der Waals surface area contributed by atoms with Gasteiger partial charge in [0.2, 0.25) is 0 Å². The normalized spacial score (nSPS) is 24.3. The average Bonchev–Trinajstić information content (AvgIpc) is 3.65. The standard InChI is InChI=1S/C36H37N7O3S/c1-21-26(19-39-43(21)20-36-14-22-11-23(15-36)13-24(12-22)16-36)27-18-38-33-32(31(27)34(44)45-2)46-10-9-42(33)25-7-8-30(37-17-25)41-35-40-28-5-3-4-6-29(28)47-35/h3-8,17-19,22-24H,9-16,20H2,1-2H3,(H,37,40,41). The van der Waals surface area contributed by atoms with Crippen molar-refractivity contribution >= 4 is 50.0 Å². The number of thiazole rings is 1. The van der Waals surface area contributed by atoms with E-state index in [-0.39, 0.29) is 0 Å². The highest BCUT2D eigenvalue weighted by Gasteiger charge is 2.51. The minimum absolute atomic E-state index is 0.346. The number of para-hydroxylation sites is 1. The first-order valence-electron chi connectivity index (χ1n) is 16.6. The third kappa shape index (κ3) is 4.94. The summed E-state index contributed by atoms with van der Waals surface area (Å²) in [5.41, 5.74) is 5.14. The van der Waals surface area contributed by atoms with Gasteiger partial charge in [0.05, 0.1) is 42.0 Å². The molecule has 0 amide bonds. The van der Waals surface area contributed by atoms with Gasteiger partial charge in [-0.1, -0.05) is 23.5 Å². The zero-order valence-electron chi connectivity index (χ0n) is 26.6. The van der Waals surface area contributed by atoms with Crippen molar-refractivity contribution in [3.63, 3.8) is 0 Å². The molecule has 1 aromatic carbocycles. The largest absolute Gasteiger partial charge is 0.487 e. The number of aromatic nitrogens is 5. The molecule has 5 heterocycles. The molecule has 10 nitrogen and oxygen atoms in total. The Hall–Kier alpha value is -4.51. The van der Waals surface area contributed by atoms with Gasteiger partial charge >= 0.3 is 5.97 Å². The van der Waals surface area contributed by atoms with E-state index < -0.39 is 5.97 Å². The van der Waals surface area contributed by atoms with E-state index in [0.29, 0.717) is 47.1 Å². The molecule has 0 radical (unpaired) electrons. The fourth-order valence-corrected chi connectivity index (χ4v) is 10.1. The van der Waals surface area contributed by atoms with Gasteiger partial charge in [0.15, 0.2) is 16.7 Å². The predicted molar refractivity (Wildman–Crippen MR) is 182 cm³/mol. The molecule has 0 saturated heterocycles. The Morgan fingerprint density at radius 3 is 2.53 bits per heavy atom. The molecular weight excluding hydrogens is 611 g/mol. The molecule has 4 bridgehead atoms. The summed E-state index contributed by atoms with van der Waals surface area (Å²) in [5.74, 6) is 3.87. The second-order valence-corrected chi connectivity index (χ2v) is 15.0. The van der Waals surface area contributed by atoms with Crippen LogP contribution in [-0.2, 0) is 11.3 Å². The lowest BCUT2D eigenvalue weighted by Crippen LogP contribution is -2.48. The van der Waals surface area contributed by atoms with Crippen LogP contribution < -0.4 is 15.0 Å². The molecule has 1 aliphatic heterocycles. The predicted octanol–water partition coefficient (Wildman–Crippen LogP) is 7.54. The van der Waals surface area contributed by atoms with E-state index in [9.17, 15) is 4.79 Å². The van der Waals surface area contributed by atoms with Crippen LogP contribution in [0, 0.1) is 30.1 Å². The van der Waals surface area contributed by atoms with Crippen LogP contribution in [0.4, 0.5) is 22.5 Å². The van der Waals surface area contributed by atoms with Gasteiger partial charge in [-0.3, -0.25) is 4.68 Å². The van der Waals surface area contributed by atoms with E-state index in [1.54, 1.807) is 23.7 Å². The molecule has 5 aliphatic rings. The minimum atomic E-state index is -0.456. The summed E-state index contributed by atoms with van der Waals surface area (Å²) in [6.07, 6.45) is 13.7. The number of carbonyl (C=O) groups is 1. The monoisotopic (exact) mass is 647 g/mol. The number of carbonyl (C=O) groups excluding carboxylic acids is 1. The SMILES string of the molecule is COC(=O)c1c(-c2cnn(CC34CC5CC(CC(C5)C3)C4)c2C)cnc2c1OCCN2c1ccc(Nc2nc3ccccc3s2)nc1. The van der Waals surface area contributed by atoms with Gasteiger partial charge < -0.3 is 19.7 Å². The summed E-state index contributed by atoms with van der Waals surface area (Å²) < 4.78 is 14.8. The second kappa shape index (κ2) is 11.0. The molecular formula is C36H37N7O3S. The Morgan fingerprint density at radius 2 is 1.81 bits per heavy atom. The summed E-state index contributed by atoms with van der Waals surface area (Å²) in [6, 6.07) is 12.0. The van der Waals surface area contributed by atoms with Crippen LogP contribution in [-0.4, -0.2) is 51.0 Å². The van der Waals surface area contributed by atoms with Crippen LogP contribution in [0.3, 0.4) is 0 Å². The number of hydrogen-bond donors (Lipinski definition) is 1. The molecule has 5 aromatic rings. The Balaban J connectivity index is 1.01. The molecule has 1 N–H and O–H groups in total. The molecule has 4 aromatic heterocycles. The molecule has 4 fully saturated rings. The van der Waals surface area contributed by atoms with Crippen LogP contribution in [0.2, 0.25) is 0 Å². The number of nitrogens with one attached hydrogen (secondary N) is 1. The van der Waals surface area contributed by atoms with Crippen molar-refractivity contribution in [2.75, 3.05) is 30.5 Å². The maximum absolute atomic E-state index is 13.4. The van der Waals surface area contributed by atoms with Crippen molar-refractivity contribution in [3.05, 3.63) is 66.2 Å². The van der Waals surface area contributed by atoms with Gasteiger partial charge in [0, 0.05) is 29.6 Å². The topological polar surface area (TPSA) is 107 Å². The van der Waals surface area contributed by atoms with Crippen molar-refractivity contribution in [3.8, 4) is 16.9 Å². The highest BCUT2D eigenvalue weighted by molar-refractivity contribution is 7.22. The molecule has 4 aliphatic carbocycles. The number of hydrogen-bond acceptors (Lipinski definition) is 10. The van der Waals surface area contributed by atoms with E-state index in [0.717, 1.165) is 56.6 Å². The molecule has 11 heteroatoms. The Kier molecular flexibility index (Phi) is 6.74. The van der Waals surface area contributed by atoms with Gasteiger partial charge in [0.25, 0.3) is 0 Å². The lowest BCUT2D eigenvalue weighted by atomic mass is 9.49. The highest BCUT2D eigenvalue weighted by atomic mass is 32.1. The number of benzene rings is 1. The van der Waals surface area contributed by atoms with Crippen LogP contribution in [0.1, 0.15) is 54.6 Å². The van der Waals surface area contributed by atoms with Gasteiger partial charge in [-0.05, 0) is 92.9 Å². The minimum Gasteiger partial charge on any atom is -0.487 e. The van der Waals surface area contributed by atoms with Crippen LogP contribution in [0.15, 0.2) is 55.0 Å². The van der Waals surface area contributed by atoms with E-state index in [1.165, 1.54) is 45.6 Å². The van der Waals surface area contributed by atoms with Crippen molar-refractivity contribution in [2.45, 2.75) is 52.0 Å². The first-order valence-corrected chi connectivity index (χ1v) is 17.4. The Morgan fingerprint density at radius 1 is 1.02 bits per heavy atom. The summed E-state index contributed by atoms with van der Waals surface area (Å²) >= 11 is 1.59. The van der Waals surface area contributed by atoms with E-state index in [2.05, 4.69) is 33.0 Å². The van der Waals surface area contributed by atoms with E-state index >= 15 is 0 Å². The van der Waals surface area contributed by atoms with Gasteiger partial charge in [-0.25, -0.2) is 19.7 Å². The van der Waals surface area contributed by atoms with Crippen LogP contribution in [0.5, 0.6) is 5.75 Å². The number of pyridine rings is 2. The fraction of sp³-hybridized carbons (Fsp3) is 0.417. The number of fused-ring (bicyclic) bond motifs is 2. The molecule has 0 atom stereocenters. The lowest BCUT2D eigenvalue weighted by Gasteiger charge is -2.56. The number of anilines is 4. The molecule has 10 rings (SSSR count). The number of esters is 1. The number of methoxy groups -OCH3 is 1. The molecule has 4 saturated carbocycles.